The molecule has 0 spiro atoms. The van der Waals surface area contributed by atoms with E-state index < -0.39 is 23.7 Å². The van der Waals surface area contributed by atoms with Crippen LogP contribution in [-0.4, -0.2) is 30.5 Å². The summed E-state index contributed by atoms with van der Waals surface area (Å²) in [5, 5.41) is 0. The number of fused-ring (bicyclic) bond motifs is 1. The lowest BCUT2D eigenvalue weighted by Crippen LogP contribution is -2.48. The highest BCUT2D eigenvalue weighted by Crippen LogP contribution is 2.12. The summed E-state index contributed by atoms with van der Waals surface area (Å²) in [6.07, 6.45) is 2.39. The molecule has 0 saturated carbocycles. The molecule has 2 N–H and O–H groups in total. The third-order valence-electron chi connectivity index (χ3n) is 5.48. The Balaban J connectivity index is 1.76. The second kappa shape index (κ2) is 10.6. The van der Waals surface area contributed by atoms with E-state index in [0.29, 0.717) is 13.0 Å². The molecule has 0 aliphatic carbocycles. The molecule has 0 bridgehead atoms. The maximum atomic E-state index is 13.4. The van der Waals surface area contributed by atoms with Crippen molar-refractivity contribution in [3.8, 4) is 0 Å². The van der Waals surface area contributed by atoms with Gasteiger partial charge in [0.25, 0.3) is 11.5 Å². The number of benzene rings is 2. The average molecular weight is 475 g/mol. The Labute approximate surface area is 200 Å². The maximum Gasteiger partial charge on any atom is 0.333 e. The number of amides is 2. The molecule has 0 aliphatic heterocycles. The maximum absolute atomic E-state index is 13.4. The van der Waals surface area contributed by atoms with Gasteiger partial charge in [-0.05, 0) is 17.5 Å². The first-order valence-electron chi connectivity index (χ1n) is 11.3. The lowest BCUT2D eigenvalue weighted by atomic mass is 10.2. The van der Waals surface area contributed by atoms with Crippen molar-refractivity contribution in [1.29, 1.82) is 0 Å². The number of aromatic nitrogens is 4. The molecular formula is C25H26N6O4. The summed E-state index contributed by atoms with van der Waals surface area (Å²) in [7, 11) is 0. The fraction of sp³-hybridized carbons (Fsp3) is 0.240. The first-order chi connectivity index (χ1) is 17.0. The van der Waals surface area contributed by atoms with Gasteiger partial charge in [0.15, 0.2) is 11.2 Å². The van der Waals surface area contributed by atoms with Crippen LogP contribution >= 0.6 is 0 Å². The molecule has 4 aromatic rings. The molecule has 2 aromatic heterocycles. The minimum atomic E-state index is -0.687. The molecule has 0 atom stereocenters. The SMILES string of the molecule is CCCC(=O)NNC(=O)Cn1c(=O)c2c(ncn2Cc2ccccc2)n(Cc2ccccc2)c1=O. The molecule has 0 fully saturated rings. The molecule has 0 aliphatic rings. The first kappa shape index (κ1) is 23.7. The molecule has 2 heterocycles. The van der Waals surface area contributed by atoms with Crippen LogP contribution < -0.4 is 22.1 Å². The molecule has 4 rings (SSSR count). The monoisotopic (exact) mass is 474 g/mol. The molecule has 10 heteroatoms. The lowest BCUT2D eigenvalue weighted by Gasteiger charge is -2.13. The summed E-state index contributed by atoms with van der Waals surface area (Å²) in [5.74, 6) is -1.04. The molecule has 2 aromatic carbocycles. The summed E-state index contributed by atoms with van der Waals surface area (Å²) >= 11 is 0. The fourth-order valence-corrected chi connectivity index (χ4v) is 3.80. The number of rotatable bonds is 8. The van der Waals surface area contributed by atoms with Gasteiger partial charge in [-0.1, -0.05) is 67.6 Å². The van der Waals surface area contributed by atoms with Crippen molar-refractivity contribution in [3.05, 3.63) is 99.0 Å². The molecule has 0 saturated heterocycles. The Kier molecular flexibility index (Phi) is 7.20. The van der Waals surface area contributed by atoms with Crippen LogP contribution in [0.3, 0.4) is 0 Å². The third-order valence-corrected chi connectivity index (χ3v) is 5.48. The predicted octanol–water partition coefficient (Wildman–Crippen LogP) is 1.40. The van der Waals surface area contributed by atoms with Crippen LogP contribution in [0.15, 0.2) is 76.6 Å². The van der Waals surface area contributed by atoms with Gasteiger partial charge < -0.3 is 4.57 Å². The van der Waals surface area contributed by atoms with Crippen molar-refractivity contribution >= 4 is 23.0 Å². The average Bonchev–Trinajstić information content (AvgIpc) is 3.28. The van der Waals surface area contributed by atoms with Crippen molar-refractivity contribution < 1.29 is 9.59 Å². The number of imidazole rings is 1. The predicted molar refractivity (Wildman–Crippen MR) is 131 cm³/mol. The second-order valence-corrected chi connectivity index (χ2v) is 8.12. The highest BCUT2D eigenvalue weighted by Gasteiger charge is 2.20. The van der Waals surface area contributed by atoms with E-state index in [1.54, 1.807) is 4.57 Å². The Hall–Kier alpha value is -4.47. The minimum absolute atomic E-state index is 0.174. The zero-order chi connectivity index (χ0) is 24.8. The summed E-state index contributed by atoms with van der Waals surface area (Å²) in [5.41, 5.74) is 5.53. The quantitative estimate of drug-likeness (QED) is 0.374. The van der Waals surface area contributed by atoms with Gasteiger partial charge in [0.1, 0.15) is 6.54 Å². The highest BCUT2D eigenvalue weighted by atomic mass is 16.2. The van der Waals surface area contributed by atoms with Crippen LogP contribution in [0.5, 0.6) is 0 Å². The molecule has 0 radical (unpaired) electrons. The molecule has 2 amide bonds. The largest absolute Gasteiger partial charge is 0.333 e. The smallest absolute Gasteiger partial charge is 0.320 e. The number of nitrogens with zero attached hydrogens (tertiary/aromatic N) is 4. The highest BCUT2D eigenvalue weighted by molar-refractivity contribution is 5.82. The minimum Gasteiger partial charge on any atom is -0.320 e. The Bertz CT molecular complexity index is 1450. The van der Waals surface area contributed by atoms with E-state index in [1.807, 2.05) is 67.6 Å². The van der Waals surface area contributed by atoms with E-state index in [1.165, 1.54) is 10.9 Å². The van der Waals surface area contributed by atoms with Gasteiger partial charge in [-0.25, -0.2) is 14.3 Å². The lowest BCUT2D eigenvalue weighted by molar-refractivity contribution is -0.129. The molecule has 10 nitrogen and oxygen atoms in total. The normalized spacial score (nSPS) is 10.9. The van der Waals surface area contributed by atoms with Gasteiger partial charge in [0.05, 0.1) is 12.9 Å². The first-order valence-corrected chi connectivity index (χ1v) is 11.3. The zero-order valence-electron chi connectivity index (χ0n) is 19.3. The Morgan fingerprint density at radius 2 is 1.43 bits per heavy atom. The van der Waals surface area contributed by atoms with Crippen LogP contribution in [0.1, 0.15) is 30.9 Å². The fourth-order valence-electron chi connectivity index (χ4n) is 3.80. The van der Waals surface area contributed by atoms with Gasteiger partial charge in [-0.15, -0.1) is 0 Å². The van der Waals surface area contributed by atoms with Crippen LogP contribution in [0.4, 0.5) is 0 Å². The number of nitrogens with one attached hydrogen (secondary N) is 2. The van der Waals surface area contributed by atoms with E-state index in [4.69, 9.17) is 0 Å². The zero-order valence-corrected chi connectivity index (χ0v) is 19.3. The summed E-state index contributed by atoms with van der Waals surface area (Å²) in [6.45, 7) is 1.83. The Morgan fingerprint density at radius 3 is 2.06 bits per heavy atom. The van der Waals surface area contributed by atoms with Crippen molar-refractivity contribution in [3.63, 3.8) is 0 Å². The number of hydrogen-bond acceptors (Lipinski definition) is 5. The molecular weight excluding hydrogens is 448 g/mol. The van der Waals surface area contributed by atoms with E-state index in [9.17, 15) is 19.2 Å². The van der Waals surface area contributed by atoms with Gasteiger partial charge in [0, 0.05) is 13.0 Å². The van der Waals surface area contributed by atoms with Crippen molar-refractivity contribution in [2.24, 2.45) is 0 Å². The summed E-state index contributed by atoms with van der Waals surface area (Å²) < 4.78 is 3.93. The van der Waals surface area contributed by atoms with Gasteiger partial charge >= 0.3 is 5.69 Å². The van der Waals surface area contributed by atoms with Crippen LogP contribution in [0.2, 0.25) is 0 Å². The van der Waals surface area contributed by atoms with E-state index in [0.717, 1.165) is 15.7 Å². The summed E-state index contributed by atoms with van der Waals surface area (Å²) in [6, 6.07) is 18.9. The van der Waals surface area contributed by atoms with E-state index in [-0.39, 0.29) is 30.0 Å². The van der Waals surface area contributed by atoms with Gasteiger partial charge in [-0.3, -0.25) is 29.8 Å². The topological polar surface area (TPSA) is 120 Å². The van der Waals surface area contributed by atoms with Gasteiger partial charge in [-0.2, -0.15) is 0 Å². The number of carbonyl (C=O) groups is 2. The standard InChI is InChI=1S/C25H26N6O4/c1-2-9-20(32)27-28-21(33)16-31-24(34)22-23(26-17-29(22)14-18-10-5-3-6-11-18)30(25(31)35)15-19-12-7-4-8-13-19/h3-8,10-13,17H,2,9,14-16H2,1H3,(H,27,32)(H,28,33). The number of carbonyl (C=O) groups excluding carboxylic acids is 2. The summed E-state index contributed by atoms with van der Waals surface area (Å²) in [4.78, 5) is 55.3. The van der Waals surface area contributed by atoms with Crippen LogP contribution in [0, 0.1) is 0 Å². The van der Waals surface area contributed by atoms with Crippen molar-refractivity contribution in [1.82, 2.24) is 29.5 Å². The Morgan fingerprint density at radius 1 is 0.829 bits per heavy atom. The van der Waals surface area contributed by atoms with Crippen LogP contribution in [0.25, 0.3) is 11.2 Å². The van der Waals surface area contributed by atoms with Crippen LogP contribution in [-0.2, 0) is 29.2 Å². The number of hydrazine groups is 1. The van der Waals surface area contributed by atoms with E-state index >= 15 is 0 Å². The van der Waals surface area contributed by atoms with Crippen molar-refractivity contribution in [2.75, 3.05) is 0 Å². The molecule has 0 unspecified atom stereocenters. The second-order valence-electron chi connectivity index (χ2n) is 8.12. The molecule has 35 heavy (non-hydrogen) atoms. The number of hydrogen-bond donors (Lipinski definition) is 2. The van der Waals surface area contributed by atoms with Gasteiger partial charge in [0.2, 0.25) is 5.91 Å². The molecule has 180 valence electrons. The van der Waals surface area contributed by atoms with Crippen molar-refractivity contribution in [2.45, 2.75) is 39.4 Å². The van der Waals surface area contributed by atoms with E-state index in [2.05, 4.69) is 15.8 Å². The third kappa shape index (κ3) is 5.37.